The van der Waals surface area contributed by atoms with Crippen molar-refractivity contribution in [2.75, 3.05) is 19.8 Å². The van der Waals surface area contributed by atoms with Crippen molar-refractivity contribution in [2.45, 2.75) is 5.60 Å². The molecule has 0 atom stereocenters. The van der Waals surface area contributed by atoms with E-state index in [0.717, 1.165) is 5.56 Å². The lowest BCUT2D eigenvalue weighted by atomic mass is 9.92. The van der Waals surface area contributed by atoms with Crippen molar-refractivity contribution < 1.29 is 9.47 Å². The molecular weight excluding hydrogens is 176 g/mol. The molecule has 2 rings (SSSR count). The molecule has 1 heterocycles. The van der Waals surface area contributed by atoms with Crippen LogP contribution in [0.5, 0.6) is 0 Å². The third kappa shape index (κ3) is 1.52. The van der Waals surface area contributed by atoms with Gasteiger partial charge in [-0.05, 0) is 11.6 Å². The van der Waals surface area contributed by atoms with Gasteiger partial charge in [0.1, 0.15) is 12.2 Å². The molecule has 0 aliphatic carbocycles. The van der Waals surface area contributed by atoms with Gasteiger partial charge in [0.25, 0.3) is 0 Å². The van der Waals surface area contributed by atoms with Crippen molar-refractivity contribution in [3.05, 3.63) is 35.9 Å². The third-order valence-electron chi connectivity index (χ3n) is 2.35. The lowest BCUT2D eigenvalue weighted by Crippen LogP contribution is -2.49. The highest BCUT2D eigenvalue weighted by atomic mass is 16.6. The van der Waals surface area contributed by atoms with Crippen LogP contribution in [0.3, 0.4) is 0 Å². The van der Waals surface area contributed by atoms with Crippen molar-refractivity contribution in [2.24, 2.45) is 0 Å². The number of rotatable bonds is 3. The van der Waals surface area contributed by atoms with Gasteiger partial charge in [-0.1, -0.05) is 30.2 Å². The first-order valence-corrected chi connectivity index (χ1v) is 4.49. The van der Waals surface area contributed by atoms with E-state index in [1.165, 1.54) is 0 Å². The summed E-state index contributed by atoms with van der Waals surface area (Å²) in [5.41, 5.74) is 0.791. The minimum absolute atomic E-state index is 0.318. The highest BCUT2D eigenvalue weighted by Gasteiger charge is 2.41. The van der Waals surface area contributed by atoms with Crippen molar-refractivity contribution in [1.82, 2.24) is 0 Å². The summed E-state index contributed by atoms with van der Waals surface area (Å²) in [7, 11) is 0. The second-order valence-corrected chi connectivity index (χ2v) is 3.27. The maximum atomic E-state index is 5.63. The standard InChI is InChI=1S/C12H11O2/c1-2-8-14-12(9-13-10-12)11-6-4-3-5-7-11/h1,4-7H,8-10H2. The van der Waals surface area contributed by atoms with Crippen LogP contribution in [-0.4, -0.2) is 19.8 Å². The Morgan fingerprint density at radius 3 is 2.71 bits per heavy atom. The quantitative estimate of drug-likeness (QED) is 0.665. The van der Waals surface area contributed by atoms with E-state index >= 15 is 0 Å². The van der Waals surface area contributed by atoms with Crippen LogP contribution >= 0.6 is 0 Å². The second-order valence-electron chi connectivity index (χ2n) is 3.27. The highest BCUT2D eigenvalue weighted by molar-refractivity contribution is 5.24. The highest BCUT2D eigenvalue weighted by Crippen LogP contribution is 2.33. The second kappa shape index (κ2) is 3.83. The predicted molar refractivity (Wildman–Crippen MR) is 52.6 cm³/mol. The Morgan fingerprint density at radius 1 is 1.50 bits per heavy atom. The smallest absolute Gasteiger partial charge is 0.141 e. The fourth-order valence-electron chi connectivity index (χ4n) is 1.49. The summed E-state index contributed by atoms with van der Waals surface area (Å²) in [6.45, 7) is 1.49. The first-order valence-electron chi connectivity index (χ1n) is 4.49. The molecule has 1 aromatic rings. The molecule has 0 spiro atoms. The van der Waals surface area contributed by atoms with Crippen molar-refractivity contribution in [3.8, 4) is 12.3 Å². The zero-order valence-electron chi connectivity index (χ0n) is 7.82. The minimum Gasteiger partial charge on any atom is -0.375 e. The normalized spacial score (nSPS) is 18.2. The summed E-state index contributed by atoms with van der Waals surface area (Å²) >= 11 is 0. The monoisotopic (exact) mass is 187 g/mol. The maximum absolute atomic E-state index is 5.63. The summed E-state index contributed by atoms with van der Waals surface area (Å²) < 4.78 is 10.8. The van der Waals surface area contributed by atoms with Crippen LogP contribution in [0.1, 0.15) is 5.56 Å². The fraction of sp³-hybridized carbons (Fsp3) is 0.333. The molecule has 2 nitrogen and oxygen atoms in total. The number of hydrogen-bond acceptors (Lipinski definition) is 2. The molecule has 0 amide bonds. The van der Waals surface area contributed by atoms with Crippen molar-refractivity contribution >= 4 is 0 Å². The first-order chi connectivity index (χ1) is 6.87. The van der Waals surface area contributed by atoms with Gasteiger partial charge in [0.2, 0.25) is 0 Å². The molecule has 1 fully saturated rings. The molecule has 0 bridgehead atoms. The van der Waals surface area contributed by atoms with Gasteiger partial charge in [-0.2, -0.15) is 0 Å². The minimum atomic E-state index is -0.318. The average molecular weight is 187 g/mol. The Bertz CT molecular complexity index is 333. The van der Waals surface area contributed by atoms with Gasteiger partial charge in [-0.15, -0.1) is 6.42 Å². The van der Waals surface area contributed by atoms with Gasteiger partial charge < -0.3 is 9.47 Å². The van der Waals surface area contributed by atoms with Crippen LogP contribution in [-0.2, 0) is 15.1 Å². The van der Waals surface area contributed by atoms with Crippen LogP contribution in [0.2, 0.25) is 0 Å². The van der Waals surface area contributed by atoms with Crippen LogP contribution in [0.15, 0.2) is 24.3 Å². The molecule has 71 valence electrons. The van der Waals surface area contributed by atoms with Gasteiger partial charge in [-0.25, -0.2) is 0 Å². The Balaban J connectivity index is 2.17. The van der Waals surface area contributed by atoms with Crippen molar-refractivity contribution in [1.29, 1.82) is 0 Å². The number of ether oxygens (including phenoxy) is 2. The van der Waals surface area contributed by atoms with Gasteiger partial charge in [0.05, 0.1) is 13.2 Å². The Morgan fingerprint density at radius 2 is 2.21 bits per heavy atom. The molecule has 0 aromatic heterocycles. The maximum Gasteiger partial charge on any atom is 0.141 e. The third-order valence-corrected chi connectivity index (χ3v) is 2.35. The van der Waals surface area contributed by atoms with Gasteiger partial charge in [-0.3, -0.25) is 0 Å². The lowest BCUT2D eigenvalue weighted by Gasteiger charge is -2.41. The van der Waals surface area contributed by atoms with E-state index in [1.54, 1.807) is 0 Å². The van der Waals surface area contributed by atoms with Crippen molar-refractivity contribution in [3.63, 3.8) is 0 Å². The molecular formula is C12H11O2. The van der Waals surface area contributed by atoms with E-state index in [-0.39, 0.29) is 5.60 Å². The lowest BCUT2D eigenvalue weighted by molar-refractivity contribution is -0.210. The van der Waals surface area contributed by atoms with E-state index in [4.69, 9.17) is 15.9 Å². The summed E-state index contributed by atoms with van der Waals surface area (Å²) in [6, 6.07) is 10.7. The van der Waals surface area contributed by atoms with Gasteiger partial charge >= 0.3 is 0 Å². The van der Waals surface area contributed by atoms with Gasteiger partial charge in [0, 0.05) is 0 Å². The summed E-state index contributed by atoms with van der Waals surface area (Å²) in [5.74, 6) is 2.48. The topological polar surface area (TPSA) is 18.5 Å². The van der Waals surface area contributed by atoms with E-state index in [9.17, 15) is 0 Å². The molecule has 0 unspecified atom stereocenters. The number of hydrogen-bond donors (Lipinski definition) is 0. The fourth-order valence-corrected chi connectivity index (χ4v) is 1.49. The van der Waals surface area contributed by atoms with E-state index in [1.807, 2.05) is 24.3 Å². The summed E-state index contributed by atoms with van der Waals surface area (Å²) in [4.78, 5) is 0. The summed E-state index contributed by atoms with van der Waals surface area (Å²) in [5, 5.41) is 0. The zero-order chi connectivity index (χ0) is 9.86. The summed E-state index contributed by atoms with van der Waals surface area (Å²) in [6.07, 6.45) is 5.17. The SMILES string of the molecule is C#CCOC1(c2cc[c]cc2)COC1. The molecule has 2 heteroatoms. The van der Waals surface area contributed by atoms with Crippen LogP contribution < -0.4 is 0 Å². The Kier molecular flexibility index (Phi) is 2.53. The largest absolute Gasteiger partial charge is 0.375 e. The number of benzene rings is 1. The van der Waals surface area contributed by atoms with Gasteiger partial charge in [0.15, 0.2) is 0 Å². The molecule has 0 N–H and O–H groups in total. The molecule has 1 aliphatic rings. The number of terminal acetylenes is 1. The van der Waals surface area contributed by atoms with Crippen LogP contribution in [0, 0.1) is 18.4 Å². The molecule has 14 heavy (non-hydrogen) atoms. The molecule has 1 radical (unpaired) electrons. The molecule has 1 aromatic carbocycles. The van der Waals surface area contributed by atoms with Crippen LogP contribution in [0.25, 0.3) is 0 Å². The Hall–Kier alpha value is -1.30. The van der Waals surface area contributed by atoms with E-state index in [0.29, 0.717) is 19.8 Å². The van der Waals surface area contributed by atoms with E-state index < -0.39 is 0 Å². The first kappa shape index (κ1) is 9.26. The predicted octanol–water partition coefficient (Wildman–Crippen LogP) is 1.36. The molecule has 1 saturated heterocycles. The van der Waals surface area contributed by atoms with Crippen LogP contribution in [0.4, 0.5) is 0 Å². The zero-order valence-corrected chi connectivity index (χ0v) is 7.82. The Labute approximate surface area is 83.8 Å². The molecule has 1 aliphatic heterocycles. The molecule has 0 saturated carbocycles. The average Bonchev–Trinajstić information content (AvgIpc) is 2.18. The van der Waals surface area contributed by atoms with E-state index in [2.05, 4.69) is 12.0 Å².